The first-order valence-electron chi connectivity index (χ1n) is 8.98. The van der Waals surface area contributed by atoms with Gasteiger partial charge >= 0.3 is 0 Å². The highest BCUT2D eigenvalue weighted by Crippen LogP contribution is 2.27. The van der Waals surface area contributed by atoms with Crippen molar-refractivity contribution in [1.82, 2.24) is 4.98 Å². The van der Waals surface area contributed by atoms with Gasteiger partial charge in [0.2, 0.25) is 5.89 Å². The topological polar surface area (TPSA) is 64.4 Å². The summed E-state index contributed by atoms with van der Waals surface area (Å²) in [5.74, 6) is 0.919. The summed E-state index contributed by atoms with van der Waals surface area (Å²) in [5.41, 5.74) is 5.66. The van der Waals surface area contributed by atoms with Crippen molar-refractivity contribution in [3.63, 3.8) is 0 Å². The van der Waals surface area contributed by atoms with Crippen molar-refractivity contribution in [1.29, 1.82) is 0 Å². The van der Waals surface area contributed by atoms with Crippen LogP contribution in [0.25, 0.3) is 22.6 Å². The minimum absolute atomic E-state index is 0.217. The van der Waals surface area contributed by atoms with E-state index in [4.69, 9.17) is 9.15 Å². The van der Waals surface area contributed by atoms with Gasteiger partial charge in [0, 0.05) is 11.3 Å². The molecule has 0 bridgehead atoms. The molecule has 0 unspecified atom stereocenters. The fourth-order valence-corrected chi connectivity index (χ4v) is 3.15. The normalized spacial score (nSPS) is 10.8. The summed E-state index contributed by atoms with van der Waals surface area (Å²) < 4.78 is 11.2. The first kappa shape index (κ1) is 17.8. The minimum atomic E-state index is -0.217. The van der Waals surface area contributed by atoms with Gasteiger partial charge in [0.15, 0.2) is 5.58 Å². The number of anilines is 1. The Morgan fingerprint density at radius 1 is 1.04 bits per heavy atom. The quantitative estimate of drug-likeness (QED) is 0.523. The van der Waals surface area contributed by atoms with E-state index in [2.05, 4.69) is 10.3 Å². The van der Waals surface area contributed by atoms with Crippen LogP contribution in [0.15, 0.2) is 65.1 Å². The number of fused-ring (bicyclic) bond motifs is 1. The predicted molar refractivity (Wildman–Crippen MR) is 110 cm³/mol. The highest BCUT2D eigenvalue weighted by atomic mass is 16.5. The number of ether oxygens (including phenoxy) is 1. The zero-order chi connectivity index (χ0) is 19.7. The molecule has 0 aliphatic carbocycles. The summed E-state index contributed by atoms with van der Waals surface area (Å²) in [6.45, 7) is 3.93. The lowest BCUT2D eigenvalue weighted by atomic mass is 10.1. The Labute approximate surface area is 163 Å². The van der Waals surface area contributed by atoms with Gasteiger partial charge in [0.05, 0.1) is 12.7 Å². The van der Waals surface area contributed by atoms with Crippen molar-refractivity contribution in [2.75, 3.05) is 12.4 Å². The molecule has 5 heteroatoms. The highest BCUT2D eigenvalue weighted by Gasteiger charge is 2.14. The molecule has 4 aromatic rings. The van der Waals surface area contributed by atoms with Crippen LogP contribution in [-0.4, -0.2) is 18.0 Å². The van der Waals surface area contributed by atoms with Gasteiger partial charge < -0.3 is 14.5 Å². The maximum Gasteiger partial charge on any atom is 0.259 e. The van der Waals surface area contributed by atoms with Crippen molar-refractivity contribution in [2.24, 2.45) is 0 Å². The standard InChI is InChI=1S/C23H20N2O3/c1-14-7-12-19-20(13-14)28-23(25-19)16-8-10-17(11-9-16)24-22(26)18-6-4-5-15(2)21(18)27-3/h4-13H,1-3H3,(H,24,26). The first-order valence-corrected chi connectivity index (χ1v) is 8.98. The molecular weight excluding hydrogens is 352 g/mol. The van der Waals surface area contributed by atoms with Crippen molar-refractivity contribution >= 4 is 22.7 Å². The molecule has 0 aliphatic rings. The Morgan fingerprint density at radius 2 is 1.82 bits per heavy atom. The second kappa shape index (κ2) is 7.19. The molecular formula is C23H20N2O3. The Hall–Kier alpha value is -3.60. The number of hydrogen-bond acceptors (Lipinski definition) is 4. The van der Waals surface area contributed by atoms with Crippen molar-refractivity contribution in [3.8, 4) is 17.2 Å². The van der Waals surface area contributed by atoms with Crippen LogP contribution >= 0.6 is 0 Å². The first-order chi connectivity index (χ1) is 13.5. The minimum Gasteiger partial charge on any atom is -0.496 e. The van der Waals surface area contributed by atoms with Crippen molar-refractivity contribution < 1.29 is 13.9 Å². The molecule has 1 N–H and O–H groups in total. The number of benzene rings is 3. The van der Waals surface area contributed by atoms with Crippen molar-refractivity contribution in [3.05, 3.63) is 77.4 Å². The molecule has 3 aromatic carbocycles. The fraction of sp³-hybridized carbons (Fsp3) is 0.130. The number of rotatable bonds is 4. The number of aryl methyl sites for hydroxylation is 2. The number of amides is 1. The largest absolute Gasteiger partial charge is 0.496 e. The van der Waals surface area contributed by atoms with Crippen molar-refractivity contribution in [2.45, 2.75) is 13.8 Å². The van der Waals surface area contributed by atoms with Crippen LogP contribution < -0.4 is 10.1 Å². The van der Waals surface area contributed by atoms with E-state index in [0.29, 0.717) is 22.9 Å². The van der Waals surface area contributed by atoms with Gasteiger partial charge in [-0.2, -0.15) is 0 Å². The smallest absolute Gasteiger partial charge is 0.259 e. The Bertz CT molecular complexity index is 1160. The summed E-state index contributed by atoms with van der Waals surface area (Å²) in [5, 5.41) is 2.90. The third-order valence-corrected chi connectivity index (χ3v) is 4.59. The van der Waals surface area contributed by atoms with Crippen LogP contribution in [0, 0.1) is 13.8 Å². The van der Waals surface area contributed by atoms with E-state index < -0.39 is 0 Å². The molecule has 140 valence electrons. The molecule has 1 heterocycles. The second-order valence-corrected chi connectivity index (χ2v) is 6.68. The summed E-state index contributed by atoms with van der Waals surface area (Å²) >= 11 is 0. The molecule has 0 saturated heterocycles. The van der Waals surface area contributed by atoms with Crippen LogP contribution in [0.2, 0.25) is 0 Å². The molecule has 28 heavy (non-hydrogen) atoms. The molecule has 0 radical (unpaired) electrons. The van der Waals surface area contributed by atoms with Gasteiger partial charge in [-0.3, -0.25) is 4.79 Å². The van der Waals surface area contributed by atoms with E-state index in [9.17, 15) is 4.79 Å². The van der Waals surface area contributed by atoms with Crippen LogP contribution in [0.4, 0.5) is 5.69 Å². The number of oxazole rings is 1. The van der Waals surface area contributed by atoms with E-state index >= 15 is 0 Å². The number of aromatic nitrogens is 1. The number of nitrogens with one attached hydrogen (secondary N) is 1. The number of nitrogens with zero attached hydrogens (tertiary/aromatic N) is 1. The van der Waals surface area contributed by atoms with Gasteiger partial charge in [-0.1, -0.05) is 18.2 Å². The zero-order valence-electron chi connectivity index (χ0n) is 15.9. The number of carbonyl (C=O) groups excluding carboxylic acids is 1. The SMILES string of the molecule is COc1c(C)cccc1C(=O)Nc1ccc(-c2nc3ccc(C)cc3o2)cc1. The highest BCUT2D eigenvalue weighted by molar-refractivity contribution is 6.06. The monoisotopic (exact) mass is 372 g/mol. The van der Waals surface area contributed by atoms with E-state index in [1.807, 2.05) is 68.4 Å². The summed E-state index contributed by atoms with van der Waals surface area (Å²) in [4.78, 5) is 17.2. The molecule has 4 rings (SSSR count). The van der Waals surface area contributed by atoms with E-state index in [0.717, 1.165) is 27.8 Å². The number of carbonyl (C=O) groups is 1. The Kier molecular flexibility index (Phi) is 4.57. The average molecular weight is 372 g/mol. The lowest BCUT2D eigenvalue weighted by Gasteiger charge is -2.11. The summed E-state index contributed by atoms with van der Waals surface area (Å²) in [6, 6.07) is 18.8. The molecule has 5 nitrogen and oxygen atoms in total. The van der Waals surface area contributed by atoms with E-state index in [-0.39, 0.29) is 5.91 Å². The molecule has 0 fully saturated rings. The Morgan fingerprint density at radius 3 is 2.57 bits per heavy atom. The Balaban J connectivity index is 1.56. The fourth-order valence-electron chi connectivity index (χ4n) is 3.15. The summed E-state index contributed by atoms with van der Waals surface area (Å²) in [6.07, 6.45) is 0. The lowest BCUT2D eigenvalue weighted by Crippen LogP contribution is -2.13. The molecule has 0 aliphatic heterocycles. The second-order valence-electron chi connectivity index (χ2n) is 6.68. The maximum absolute atomic E-state index is 12.6. The van der Waals surface area contributed by atoms with Gasteiger partial charge in [0.1, 0.15) is 11.3 Å². The van der Waals surface area contributed by atoms with Crippen LogP contribution in [0.1, 0.15) is 21.5 Å². The maximum atomic E-state index is 12.6. The third kappa shape index (κ3) is 3.34. The number of methoxy groups -OCH3 is 1. The molecule has 0 atom stereocenters. The number of hydrogen-bond donors (Lipinski definition) is 1. The lowest BCUT2D eigenvalue weighted by molar-refractivity contribution is 0.102. The van der Waals surface area contributed by atoms with Crippen LogP contribution in [-0.2, 0) is 0 Å². The number of para-hydroxylation sites is 1. The van der Waals surface area contributed by atoms with Gasteiger partial charge in [-0.05, 0) is 67.4 Å². The molecule has 1 amide bonds. The summed E-state index contributed by atoms with van der Waals surface area (Å²) in [7, 11) is 1.57. The van der Waals surface area contributed by atoms with Crippen LogP contribution in [0.3, 0.4) is 0 Å². The predicted octanol–water partition coefficient (Wildman–Crippen LogP) is 5.37. The molecule has 1 aromatic heterocycles. The van der Waals surface area contributed by atoms with Gasteiger partial charge in [0.25, 0.3) is 5.91 Å². The van der Waals surface area contributed by atoms with E-state index in [1.165, 1.54) is 0 Å². The van der Waals surface area contributed by atoms with Gasteiger partial charge in [-0.15, -0.1) is 0 Å². The van der Waals surface area contributed by atoms with Gasteiger partial charge in [-0.25, -0.2) is 4.98 Å². The van der Waals surface area contributed by atoms with Crippen LogP contribution in [0.5, 0.6) is 5.75 Å². The molecule has 0 saturated carbocycles. The molecule has 0 spiro atoms. The van der Waals surface area contributed by atoms with E-state index in [1.54, 1.807) is 13.2 Å². The third-order valence-electron chi connectivity index (χ3n) is 4.59. The average Bonchev–Trinajstić information content (AvgIpc) is 3.11. The zero-order valence-corrected chi connectivity index (χ0v) is 15.9.